The molecule has 110 valence electrons. The molecule has 6 N–H and O–H groups in total. The maximum absolute atomic E-state index is 8.96. The van der Waals surface area contributed by atoms with Gasteiger partial charge >= 0.3 is 7.82 Å². The number of nitrogens with two attached hydrogens (primary N) is 1. The van der Waals surface area contributed by atoms with E-state index in [1.54, 1.807) is 12.1 Å². The summed E-state index contributed by atoms with van der Waals surface area (Å²) in [4.78, 5) is 21.6. The summed E-state index contributed by atoms with van der Waals surface area (Å²) < 4.78 is 18.9. The van der Waals surface area contributed by atoms with E-state index in [1.807, 2.05) is 0 Å². The number of aromatic hydroxyl groups is 1. The minimum Gasteiger partial charge on any atom is -0.508 e. The molecule has 1 aromatic rings. The molecule has 1 aliphatic heterocycles. The first-order chi connectivity index (χ1) is 8.77. The van der Waals surface area contributed by atoms with Crippen LogP contribution in [0.3, 0.4) is 0 Å². The molecule has 19 heavy (non-hydrogen) atoms. The average molecular weight is 295 g/mol. The standard InChI is InChI=1S/C7H6O3.C3H9N.H3O4P/c8-5-1-2-6-7(3-5)10-4-9-6;1-2-3-4;1-5(2,3)4/h1-3,8H,4H2;2-4H2,1H3;(H3,1,2,3,4). The van der Waals surface area contributed by atoms with Crippen molar-refractivity contribution >= 4 is 7.82 Å². The van der Waals surface area contributed by atoms with Gasteiger partial charge in [-0.3, -0.25) is 0 Å². The third-order valence-corrected chi connectivity index (χ3v) is 1.64. The fourth-order valence-corrected chi connectivity index (χ4v) is 0.885. The fourth-order valence-electron chi connectivity index (χ4n) is 0.885. The van der Waals surface area contributed by atoms with E-state index >= 15 is 0 Å². The minimum absolute atomic E-state index is 0.198. The molecule has 0 fully saturated rings. The summed E-state index contributed by atoms with van der Waals surface area (Å²) in [6.45, 7) is 3.12. The molecule has 1 aliphatic rings. The van der Waals surface area contributed by atoms with Crippen molar-refractivity contribution < 1.29 is 33.8 Å². The van der Waals surface area contributed by atoms with Crippen molar-refractivity contribution in [1.82, 2.24) is 0 Å². The predicted octanol–water partition coefficient (Wildman–Crippen LogP) is 0.547. The van der Waals surface area contributed by atoms with Crippen LogP contribution < -0.4 is 15.2 Å². The summed E-state index contributed by atoms with van der Waals surface area (Å²) in [7, 11) is -4.64. The molecule has 0 radical (unpaired) electrons. The Morgan fingerprint density at radius 1 is 1.26 bits per heavy atom. The van der Waals surface area contributed by atoms with Crippen LogP contribution in [0.4, 0.5) is 0 Å². The topological polar surface area (TPSA) is 142 Å². The summed E-state index contributed by atoms with van der Waals surface area (Å²) >= 11 is 0. The second-order valence-electron chi connectivity index (χ2n) is 3.34. The lowest BCUT2D eigenvalue weighted by atomic mass is 10.3. The Bertz CT molecular complexity index is 410. The van der Waals surface area contributed by atoms with Gasteiger partial charge in [0.2, 0.25) is 6.79 Å². The van der Waals surface area contributed by atoms with Gasteiger partial charge < -0.3 is 35.0 Å². The zero-order chi connectivity index (χ0) is 14.9. The van der Waals surface area contributed by atoms with E-state index < -0.39 is 7.82 Å². The Labute approximate surface area is 110 Å². The Morgan fingerprint density at radius 2 is 1.74 bits per heavy atom. The minimum atomic E-state index is -4.64. The molecule has 0 spiro atoms. The molecule has 0 atom stereocenters. The molecule has 0 unspecified atom stereocenters. The quantitative estimate of drug-likeness (QED) is 0.473. The summed E-state index contributed by atoms with van der Waals surface area (Å²) in [6.07, 6.45) is 1.10. The normalized spacial score (nSPS) is 11.8. The van der Waals surface area contributed by atoms with Gasteiger partial charge in [-0.05, 0) is 25.1 Å². The molecule has 1 aromatic carbocycles. The van der Waals surface area contributed by atoms with Crippen molar-refractivity contribution in [1.29, 1.82) is 0 Å². The molecule has 0 aliphatic carbocycles. The van der Waals surface area contributed by atoms with Crippen LogP contribution in [0.1, 0.15) is 13.3 Å². The Balaban J connectivity index is 0.000000307. The van der Waals surface area contributed by atoms with E-state index in [0.29, 0.717) is 11.5 Å². The molecule has 0 saturated heterocycles. The van der Waals surface area contributed by atoms with E-state index in [1.165, 1.54) is 6.07 Å². The van der Waals surface area contributed by atoms with Gasteiger partial charge in [0.05, 0.1) is 0 Å². The van der Waals surface area contributed by atoms with Crippen LogP contribution in [0, 0.1) is 0 Å². The van der Waals surface area contributed by atoms with Crippen molar-refractivity contribution in [2.24, 2.45) is 5.73 Å². The van der Waals surface area contributed by atoms with Gasteiger partial charge in [-0.15, -0.1) is 0 Å². The number of phosphoric acid groups is 1. The van der Waals surface area contributed by atoms with Crippen LogP contribution >= 0.6 is 7.82 Å². The number of hydrogen-bond acceptors (Lipinski definition) is 5. The largest absolute Gasteiger partial charge is 0.508 e. The van der Waals surface area contributed by atoms with Gasteiger partial charge in [0, 0.05) is 6.07 Å². The van der Waals surface area contributed by atoms with E-state index in [2.05, 4.69) is 6.92 Å². The second-order valence-corrected chi connectivity index (χ2v) is 4.37. The maximum Gasteiger partial charge on any atom is 0.466 e. The number of phenols is 1. The third-order valence-electron chi connectivity index (χ3n) is 1.64. The van der Waals surface area contributed by atoms with E-state index in [0.717, 1.165) is 13.0 Å². The zero-order valence-corrected chi connectivity index (χ0v) is 11.3. The number of rotatable bonds is 1. The van der Waals surface area contributed by atoms with Crippen molar-refractivity contribution in [3.63, 3.8) is 0 Å². The molecule has 0 amide bonds. The van der Waals surface area contributed by atoms with Gasteiger partial charge in [0.15, 0.2) is 11.5 Å². The molecule has 0 saturated carbocycles. The molecule has 0 aromatic heterocycles. The molecular formula is C10H18NO7P. The van der Waals surface area contributed by atoms with Crippen molar-refractivity contribution in [3.05, 3.63) is 18.2 Å². The highest BCUT2D eigenvalue weighted by Gasteiger charge is 2.12. The van der Waals surface area contributed by atoms with Crippen LogP contribution in [0.5, 0.6) is 17.2 Å². The molecular weight excluding hydrogens is 277 g/mol. The van der Waals surface area contributed by atoms with Crippen LogP contribution in [-0.2, 0) is 4.57 Å². The third kappa shape index (κ3) is 10.3. The van der Waals surface area contributed by atoms with E-state index in [4.69, 9.17) is 39.6 Å². The Morgan fingerprint density at radius 3 is 2.21 bits per heavy atom. The van der Waals surface area contributed by atoms with Gasteiger partial charge in [-0.1, -0.05) is 6.92 Å². The van der Waals surface area contributed by atoms with Crippen molar-refractivity contribution in [2.75, 3.05) is 13.3 Å². The van der Waals surface area contributed by atoms with Crippen LogP contribution in [0.25, 0.3) is 0 Å². The maximum atomic E-state index is 8.96. The lowest BCUT2D eigenvalue weighted by Crippen LogP contribution is -1.93. The van der Waals surface area contributed by atoms with Crippen LogP contribution in [0.2, 0.25) is 0 Å². The van der Waals surface area contributed by atoms with Crippen LogP contribution in [-0.4, -0.2) is 33.1 Å². The zero-order valence-electron chi connectivity index (χ0n) is 10.4. The number of hydrogen-bond donors (Lipinski definition) is 5. The van der Waals surface area contributed by atoms with Crippen molar-refractivity contribution in [2.45, 2.75) is 13.3 Å². The van der Waals surface area contributed by atoms with E-state index in [-0.39, 0.29) is 12.5 Å². The lowest BCUT2D eigenvalue weighted by Gasteiger charge is -1.93. The van der Waals surface area contributed by atoms with E-state index in [9.17, 15) is 0 Å². The smallest absolute Gasteiger partial charge is 0.466 e. The SMILES string of the molecule is CCCN.O=P(O)(O)O.Oc1ccc2c(c1)OCO2. The summed E-state index contributed by atoms with van der Waals surface area (Å²) in [5.74, 6) is 1.50. The van der Waals surface area contributed by atoms with Gasteiger partial charge in [0.25, 0.3) is 0 Å². The highest BCUT2D eigenvalue weighted by Crippen LogP contribution is 2.34. The predicted molar refractivity (Wildman–Crippen MR) is 67.8 cm³/mol. The number of benzene rings is 1. The Kier molecular flexibility index (Phi) is 8.13. The molecule has 0 bridgehead atoms. The van der Waals surface area contributed by atoms with Gasteiger partial charge in [-0.25, -0.2) is 4.57 Å². The van der Waals surface area contributed by atoms with Crippen LogP contribution in [0.15, 0.2) is 18.2 Å². The summed E-state index contributed by atoms with van der Waals surface area (Å²) in [5.41, 5.74) is 5.03. The fraction of sp³-hybridized carbons (Fsp3) is 0.400. The van der Waals surface area contributed by atoms with Gasteiger partial charge in [-0.2, -0.15) is 0 Å². The first kappa shape index (κ1) is 17.7. The highest BCUT2D eigenvalue weighted by molar-refractivity contribution is 7.45. The molecule has 2 rings (SSSR count). The number of ether oxygens (including phenoxy) is 2. The Hall–Kier alpha value is -1.31. The summed E-state index contributed by atoms with van der Waals surface area (Å²) in [5, 5.41) is 8.96. The van der Waals surface area contributed by atoms with Gasteiger partial charge in [0.1, 0.15) is 5.75 Å². The second kappa shape index (κ2) is 8.73. The monoisotopic (exact) mass is 295 g/mol. The lowest BCUT2D eigenvalue weighted by molar-refractivity contribution is 0.174. The summed E-state index contributed by atoms with van der Waals surface area (Å²) in [6, 6.07) is 4.77. The molecule has 8 nitrogen and oxygen atoms in total. The average Bonchev–Trinajstić information content (AvgIpc) is 2.74. The first-order valence-corrected chi connectivity index (χ1v) is 6.91. The van der Waals surface area contributed by atoms with Crippen molar-refractivity contribution in [3.8, 4) is 17.2 Å². The number of phenolic OH excluding ortho intramolecular Hbond substituents is 1. The molecule has 1 heterocycles. The first-order valence-electron chi connectivity index (χ1n) is 5.35. The highest BCUT2D eigenvalue weighted by atomic mass is 31.2. The number of fused-ring (bicyclic) bond motifs is 1. The molecule has 9 heteroatoms.